The molecule has 0 saturated heterocycles. The van der Waals surface area contributed by atoms with Crippen LogP contribution in [0.15, 0.2) is 45.5 Å². The summed E-state index contributed by atoms with van der Waals surface area (Å²) in [5.74, 6) is 0.910. The number of hydrogen-bond donors (Lipinski definition) is 2. The molecule has 2 heterocycles. The van der Waals surface area contributed by atoms with Crippen LogP contribution in [0, 0.1) is 0 Å². The number of benzene rings is 1. The molecule has 5 nitrogen and oxygen atoms in total. The van der Waals surface area contributed by atoms with Gasteiger partial charge in [0, 0.05) is 16.4 Å². The van der Waals surface area contributed by atoms with Crippen molar-refractivity contribution in [3.8, 4) is 23.0 Å². The highest BCUT2D eigenvalue weighted by Crippen LogP contribution is 2.28. The molecule has 3 aromatic rings. The highest BCUT2D eigenvalue weighted by atomic mass is 79.9. The zero-order valence-electron chi connectivity index (χ0n) is 9.22. The molecular formula is C12H9BrN4O. The van der Waals surface area contributed by atoms with Crippen LogP contribution in [0.1, 0.15) is 0 Å². The van der Waals surface area contributed by atoms with Gasteiger partial charge in [0.2, 0.25) is 5.82 Å². The number of aromatic amines is 1. The second-order valence-electron chi connectivity index (χ2n) is 3.74. The van der Waals surface area contributed by atoms with Crippen molar-refractivity contribution in [1.29, 1.82) is 0 Å². The van der Waals surface area contributed by atoms with Gasteiger partial charge in [0.1, 0.15) is 0 Å². The van der Waals surface area contributed by atoms with E-state index in [1.54, 1.807) is 12.3 Å². The number of hydrogen-bond acceptors (Lipinski definition) is 4. The molecule has 3 N–H and O–H groups in total. The Kier molecular flexibility index (Phi) is 2.64. The van der Waals surface area contributed by atoms with Crippen molar-refractivity contribution in [2.45, 2.75) is 0 Å². The minimum Gasteiger partial charge on any atom is -0.398 e. The number of nitrogens with zero attached hydrogens (tertiary/aromatic N) is 2. The molecule has 0 radical (unpaired) electrons. The summed E-state index contributed by atoms with van der Waals surface area (Å²) in [5, 5.41) is 3.92. The Morgan fingerprint density at radius 2 is 2.17 bits per heavy atom. The number of nitrogen functional groups attached to an aromatic ring is 1. The van der Waals surface area contributed by atoms with Crippen molar-refractivity contribution >= 4 is 21.6 Å². The lowest BCUT2D eigenvalue weighted by Gasteiger charge is -2.00. The number of aromatic nitrogens is 3. The van der Waals surface area contributed by atoms with E-state index in [0.717, 1.165) is 15.7 Å². The second-order valence-corrected chi connectivity index (χ2v) is 4.65. The first-order valence-corrected chi connectivity index (χ1v) is 6.06. The summed E-state index contributed by atoms with van der Waals surface area (Å²) >= 11 is 3.39. The third-order valence-electron chi connectivity index (χ3n) is 2.51. The summed E-state index contributed by atoms with van der Waals surface area (Å²) in [7, 11) is 0. The molecule has 0 aliphatic carbocycles. The van der Waals surface area contributed by atoms with Crippen molar-refractivity contribution in [3.63, 3.8) is 0 Å². The van der Waals surface area contributed by atoms with Gasteiger partial charge in [-0.3, -0.25) is 0 Å². The highest BCUT2D eigenvalue weighted by Gasteiger charge is 2.13. The first kappa shape index (κ1) is 11.0. The van der Waals surface area contributed by atoms with E-state index in [4.69, 9.17) is 10.3 Å². The van der Waals surface area contributed by atoms with Crippen LogP contribution in [0.5, 0.6) is 0 Å². The second kappa shape index (κ2) is 4.30. The highest BCUT2D eigenvalue weighted by molar-refractivity contribution is 9.10. The fourth-order valence-corrected chi connectivity index (χ4v) is 1.99. The molecule has 0 saturated carbocycles. The zero-order chi connectivity index (χ0) is 12.5. The molecular weight excluding hydrogens is 296 g/mol. The van der Waals surface area contributed by atoms with Crippen LogP contribution < -0.4 is 5.73 Å². The van der Waals surface area contributed by atoms with Crippen molar-refractivity contribution in [1.82, 2.24) is 15.1 Å². The van der Waals surface area contributed by atoms with Gasteiger partial charge in [-0.05, 0) is 30.3 Å². The lowest BCUT2D eigenvalue weighted by Crippen LogP contribution is -1.90. The summed E-state index contributed by atoms with van der Waals surface area (Å²) in [4.78, 5) is 7.33. The van der Waals surface area contributed by atoms with Crippen LogP contribution in [0.25, 0.3) is 23.0 Å². The molecule has 2 aromatic heterocycles. The van der Waals surface area contributed by atoms with Crippen molar-refractivity contribution < 1.29 is 4.52 Å². The first-order valence-electron chi connectivity index (χ1n) is 5.27. The third kappa shape index (κ3) is 1.91. The summed E-state index contributed by atoms with van der Waals surface area (Å²) in [5.41, 5.74) is 8.01. The van der Waals surface area contributed by atoms with Crippen LogP contribution in [0.2, 0.25) is 0 Å². The van der Waals surface area contributed by atoms with Crippen molar-refractivity contribution in [3.05, 3.63) is 41.0 Å². The Labute approximate surface area is 111 Å². The molecule has 0 spiro atoms. The van der Waals surface area contributed by atoms with Crippen LogP contribution in [-0.2, 0) is 0 Å². The number of halogens is 1. The number of nitrogens with two attached hydrogens (primary N) is 1. The number of anilines is 1. The van der Waals surface area contributed by atoms with E-state index in [0.29, 0.717) is 17.4 Å². The van der Waals surface area contributed by atoms with Gasteiger partial charge in [-0.1, -0.05) is 21.1 Å². The Morgan fingerprint density at radius 1 is 1.28 bits per heavy atom. The monoisotopic (exact) mass is 304 g/mol. The maximum Gasteiger partial charge on any atom is 0.260 e. The van der Waals surface area contributed by atoms with Gasteiger partial charge in [0.15, 0.2) is 0 Å². The lowest BCUT2D eigenvalue weighted by molar-refractivity contribution is 0.432. The standard InChI is InChI=1S/C12H9BrN4O/c13-7-3-4-9(14)8(6-7)12-16-11(17-18-12)10-2-1-5-15-10/h1-6,15H,14H2. The summed E-state index contributed by atoms with van der Waals surface area (Å²) in [6.45, 7) is 0. The maximum atomic E-state index is 5.89. The number of rotatable bonds is 2. The first-order chi connectivity index (χ1) is 8.74. The van der Waals surface area contributed by atoms with E-state index in [1.165, 1.54) is 0 Å². The van der Waals surface area contributed by atoms with Crippen LogP contribution in [-0.4, -0.2) is 15.1 Å². The largest absolute Gasteiger partial charge is 0.398 e. The molecule has 0 unspecified atom stereocenters. The fraction of sp³-hybridized carbons (Fsp3) is 0. The van der Waals surface area contributed by atoms with E-state index in [1.807, 2.05) is 24.3 Å². The van der Waals surface area contributed by atoms with Gasteiger partial charge in [0.25, 0.3) is 5.89 Å². The SMILES string of the molecule is Nc1ccc(Br)cc1-c1nc(-c2ccc[nH]2)no1. The Hall–Kier alpha value is -2.08. The Morgan fingerprint density at radius 3 is 2.94 bits per heavy atom. The smallest absolute Gasteiger partial charge is 0.260 e. The Balaban J connectivity index is 2.05. The molecule has 3 rings (SSSR count). The predicted molar refractivity (Wildman–Crippen MR) is 71.6 cm³/mol. The van der Waals surface area contributed by atoms with Gasteiger partial charge < -0.3 is 15.2 Å². The molecule has 6 heteroatoms. The average molecular weight is 305 g/mol. The minimum atomic E-state index is 0.401. The molecule has 1 aromatic carbocycles. The molecule has 0 bridgehead atoms. The van der Waals surface area contributed by atoms with Gasteiger partial charge in [-0.2, -0.15) is 4.98 Å². The van der Waals surface area contributed by atoms with Gasteiger partial charge >= 0.3 is 0 Å². The van der Waals surface area contributed by atoms with E-state index in [2.05, 4.69) is 31.1 Å². The van der Waals surface area contributed by atoms with E-state index in [9.17, 15) is 0 Å². The minimum absolute atomic E-state index is 0.401. The number of nitrogens with one attached hydrogen (secondary N) is 1. The summed E-state index contributed by atoms with van der Waals surface area (Å²) in [6.07, 6.45) is 1.80. The maximum absolute atomic E-state index is 5.89. The van der Waals surface area contributed by atoms with Crippen LogP contribution in [0.4, 0.5) is 5.69 Å². The van der Waals surface area contributed by atoms with Gasteiger partial charge in [-0.15, -0.1) is 0 Å². The topological polar surface area (TPSA) is 80.7 Å². The van der Waals surface area contributed by atoms with E-state index in [-0.39, 0.29) is 0 Å². The van der Waals surface area contributed by atoms with E-state index >= 15 is 0 Å². The molecule has 0 atom stereocenters. The molecule has 90 valence electrons. The van der Waals surface area contributed by atoms with Crippen molar-refractivity contribution in [2.75, 3.05) is 5.73 Å². The average Bonchev–Trinajstić information content (AvgIpc) is 3.00. The third-order valence-corrected chi connectivity index (χ3v) is 3.00. The quantitative estimate of drug-likeness (QED) is 0.713. The summed E-state index contributed by atoms with van der Waals surface area (Å²) in [6, 6.07) is 9.25. The van der Waals surface area contributed by atoms with Gasteiger partial charge in [-0.25, -0.2) is 0 Å². The molecule has 0 amide bonds. The molecule has 0 fully saturated rings. The zero-order valence-corrected chi connectivity index (χ0v) is 10.8. The fourth-order valence-electron chi connectivity index (χ4n) is 1.63. The molecule has 0 aliphatic heterocycles. The number of H-pyrrole nitrogens is 1. The van der Waals surface area contributed by atoms with E-state index < -0.39 is 0 Å². The van der Waals surface area contributed by atoms with Crippen LogP contribution in [0.3, 0.4) is 0 Å². The summed E-state index contributed by atoms with van der Waals surface area (Å²) < 4.78 is 6.14. The van der Waals surface area contributed by atoms with Crippen LogP contribution >= 0.6 is 15.9 Å². The van der Waals surface area contributed by atoms with Crippen molar-refractivity contribution in [2.24, 2.45) is 0 Å². The van der Waals surface area contributed by atoms with Gasteiger partial charge in [0.05, 0.1) is 11.3 Å². The lowest BCUT2D eigenvalue weighted by atomic mass is 10.2. The normalized spacial score (nSPS) is 10.7. The molecule has 0 aliphatic rings. The molecule has 18 heavy (non-hydrogen) atoms. The Bertz CT molecular complexity index is 675. The predicted octanol–water partition coefficient (Wildman–Crippen LogP) is 3.08.